The van der Waals surface area contributed by atoms with E-state index in [9.17, 15) is 8.42 Å². The molecule has 0 aliphatic heterocycles. The van der Waals surface area contributed by atoms with Crippen LogP contribution in [0.4, 0.5) is 0 Å². The van der Waals surface area contributed by atoms with Crippen LogP contribution in [0.15, 0.2) is 23.1 Å². The van der Waals surface area contributed by atoms with Crippen LogP contribution < -0.4 is 14.9 Å². The minimum Gasteiger partial charge on any atom is -0.495 e. The van der Waals surface area contributed by atoms with Gasteiger partial charge in [0, 0.05) is 20.6 Å². The maximum atomic E-state index is 12.1. The summed E-state index contributed by atoms with van der Waals surface area (Å²) in [4.78, 5) is 2.51. The van der Waals surface area contributed by atoms with E-state index < -0.39 is 10.0 Å². The standard InChI is InChI=1S/C12H21N3O3S/c1-5-13-9-10-6-7-12(11(8-10)18-4)19(16,17)14-15(2)3/h6-8,13-14H,5,9H2,1-4H3. The molecular formula is C12H21N3O3S. The molecule has 0 saturated heterocycles. The maximum absolute atomic E-state index is 12.1. The quantitative estimate of drug-likeness (QED) is 0.717. The summed E-state index contributed by atoms with van der Waals surface area (Å²) in [6, 6.07) is 5.06. The van der Waals surface area contributed by atoms with Crippen LogP contribution >= 0.6 is 0 Å². The summed E-state index contributed by atoms with van der Waals surface area (Å²) in [7, 11) is 1.08. The summed E-state index contributed by atoms with van der Waals surface area (Å²) in [5.74, 6) is 0.338. The van der Waals surface area contributed by atoms with Gasteiger partial charge in [0.05, 0.1) is 7.11 Å². The van der Waals surface area contributed by atoms with Crippen molar-refractivity contribution in [2.45, 2.75) is 18.4 Å². The summed E-state index contributed by atoms with van der Waals surface area (Å²) in [6.07, 6.45) is 0. The van der Waals surface area contributed by atoms with Gasteiger partial charge in [0.2, 0.25) is 0 Å². The van der Waals surface area contributed by atoms with Crippen LogP contribution in [-0.2, 0) is 16.6 Å². The van der Waals surface area contributed by atoms with E-state index in [0.29, 0.717) is 12.3 Å². The number of benzene rings is 1. The molecule has 0 amide bonds. The van der Waals surface area contributed by atoms with Crippen molar-refractivity contribution in [3.8, 4) is 5.75 Å². The molecule has 0 aliphatic carbocycles. The van der Waals surface area contributed by atoms with Crippen LogP contribution in [-0.4, -0.2) is 41.2 Å². The van der Waals surface area contributed by atoms with Crippen LogP contribution in [0.3, 0.4) is 0 Å². The van der Waals surface area contributed by atoms with Gasteiger partial charge >= 0.3 is 0 Å². The van der Waals surface area contributed by atoms with E-state index in [4.69, 9.17) is 4.74 Å². The highest BCUT2D eigenvalue weighted by molar-refractivity contribution is 7.89. The molecule has 108 valence electrons. The van der Waals surface area contributed by atoms with E-state index in [1.807, 2.05) is 6.92 Å². The minimum absolute atomic E-state index is 0.129. The number of methoxy groups -OCH3 is 1. The predicted octanol–water partition coefficient (Wildman–Crippen LogP) is 0.560. The molecule has 1 rings (SSSR count). The average Bonchev–Trinajstić information content (AvgIpc) is 2.34. The molecule has 6 nitrogen and oxygen atoms in total. The molecular weight excluding hydrogens is 266 g/mol. The second-order valence-electron chi connectivity index (χ2n) is 4.25. The van der Waals surface area contributed by atoms with Crippen molar-refractivity contribution in [1.29, 1.82) is 0 Å². The smallest absolute Gasteiger partial charge is 0.257 e. The number of hydrogen-bond donors (Lipinski definition) is 2. The molecule has 0 unspecified atom stereocenters. The number of sulfonamides is 1. The lowest BCUT2D eigenvalue weighted by Crippen LogP contribution is -2.36. The first-order valence-corrected chi connectivity index (χ1v) is 7.46. The summed E-state index contributed by atoms with van der Waals surface area (Å²) < 4.78 is 29.4. The van der Waals surface area contributed by atoms with E-state index >= 15 is 0 Å². The van der Waals surface area contributed by atoms with Crippen LogP contribution in [0, 0.1) is 0 Å². The van der Waals surface area contributed by atoms with Crippen molar-refractivity contribution >= 4 is 10.0 Å². The van der Waals surface area contributed by atoms with Gasteiger partial charge in [-0.2, -0.15) is 0 Å². The molecule has 0 radical (unpaired) electrons. The normalized spacial score (nSPS) is 11.8. The highest BCUT2D eigenvalue weighted by Gasteiger charge is 2.20. The first kappa shape index (κ1) is 15.9. The number of rotatable bonds is 7. The Hall–Kier alpha value is -1.15. The van der Waals surface area contributed by atoms with Crippen LogP contribution in [0.1, 0.15) is 12.5 Å². The molecule has 19 heavy (non-hydrogen) atoms. The van der Waals surface area contributed by atoms with Crippen molar-refractivity contribution in [3.63, 3.8) is 0 Å². The molecule has 0 aromatic heterocycles. The van der Waals surface area contributed by atoms with Gasteiger partial charge in [-0.05, 0) is 24.2 Å². The third kappa shape index (κ3) is 4.46. The van der Waals surface area contributed by atoms with Crippen LogP contribution in [0.5, 0.6) is 5.75 Å². The zero-order chi connectivity index (χ0) is 14.5. The molecule has 0 atom stereocenters. The average molecular weight is 287 g/mol. The molecule has 1 aromatic rings. The fourth-order valence-electron chi connectivity index (χ4n) is 1.60. The minimum atomic E-state index is -3.61. The van der Waals surface area contributed by atoms with Gasteiger partial charge in [0.25, 0.3) is 10.0 Å². The Kier molecular flexibility index (Phi) is 5.74. The summed E-state index contributed by atoms with van der Waals surface area (Å²) >= 11 is 0. The molecule has 7 heteroatoms. The second kappa shape index (κ2) is 6.85. The molecule has 1 aromatic carbocycles. The highest BCUT2D eigenvalue weighted by atomic mass is 32.2. The zero-order valence-electron chi connectivity index (χ0n) is 11.7. The molecule has 0 fully saturated rings. The zero-order valence-corrected chi connectivity index (χ0v) is 12.5. The lowest BCUT2D eigenvalue weighted by molar-refractivity contribution is 0.360. The van der Waals surface area contributed by atoms with Gasteiger partial charge in [-0.15, -0.1) is 4.83 Å². The molecule has 0 heterocycles. The van der Waals surface area contributed by atoms with E-state index in [-0.39, 0.29) is 4.90 Å². The second-order valence-corrected chi connectivity index (χ2v) is 5.88. The van der Waals surface area contributed by atoms with Crippen molar-refractivity contribution in [1.82, 2.24) is 15.2 Å². The largest absolute Gasteiger partial charge is 0.495 e. The number of ether oxygens (including phenoxy) is 1. The van der Waals surface area contributed by atoms with Crippen LogP contribution in [0.25, 0.3) is 0 Å². The molecule has 0 bridgehead atoms. The monoisotopic (exact) mass is 287 g/mol. The number of hydrazine groups is 1. The Bertz CT molecular complexity index is 515. The van der Waals surface area contributed by atoms with Gasteiger partial charge in [-0.25, -0.2) is 13.4 Å². The Morgan fingerprint density at radius 2 is 2.00 bits per heavy atom. The maximum Gasteiger partial charge on any atom is 0.257 e. The number of nitrogens with zero attached hydrogens (tertiary/aromatic N) is 1. The fraction of sp³-hybridized carbons (Fsp3) is 0.500. The molecule has 0 saturated carbocycles. The van der Waals surface area contributed by atoms with Crippen LogP contribution in [0.2, 0.25) is 0 Å². The van der Waals surface area contributed by atoms with Gasteiger partial charge < -0.3 is 10.1 Å². The van der Waals surface area contributed by atoms with Crippen molar-refractivity contribution in [3.05, 3.63) is 23.8 Å². The van der Waals surface area contributed by atoms with Crippen molar-refractivity contribution < 1.29 is 13.2 Å². The number of hydrogen-bond acceptors (Lipinski definition) is 5. The van der Waals surface area contributed by atoms with Gasteiger partial charge in [-0.3, -0.25) is 0 Å². The lowest BCUT2D eigenvalue weighted by Gasteiger charge is -2.15. The van der Waals surface area contributed by atoms with Gasteiger partial charge in [-0.1, -0.05) is 13.0 Å². The van der Waals surface area contributed by atoms with E-state index in [1.54, 1.807) is 32.3 Å². The molecule has 0 spiro atoms. The summed E-state index contributed by atoms with van der Waals surface area (Å²) in [6.45, 7) is 3.54. The summed E-state index contributed by atoms with van der Waals surface area (Å²) in [5.41, 5.74) is 0.975. The Labute approximate surface area is 114 Å². The Morgan fingerprint density at radius 3 is 2.53 bits per heavy atom. The lowest BCUT2D eigenvalue weighted by atomic mass is 10.2. The first-order valence-electron chi connectivity index (χ1n) is 5.98. The topological polar surface area (TPSA) is 70.7 Å². The third-order valence-corrected chi connectivity index (χ3v) is 3.92. The third-order valence-electron chi connectivity index (χ3n) is 2.40. The van der Waals surface area contributed by atoms with E-state index in [0.717, 1.165) is 12.1 Å². The fourth-order valence-corrected chi connectivity index (χ4v) is 2.84. The Morgan fingerprint density at radius 1 is 1.32 bits per heavy atom. The van der Waals surface area contributed by atoms with Gasteiger partial charge in [0.1, 0.15) is 10.6 Å². The van der Waals surface area contributed by atoms with E-state index in [2.05, 4.69) is 10.1 Å². The molecule has 0 aliphatic rings. The Balaban J connectivity index is 3.08. The van der Waals surface area contributed by atoms with Gasteiger partial charge in [0.15, 0.2) is 0 Å². The van der Waals surface area contributed by atoms with Crippen molar-refractivity contribution in [2.75, 3.05) is 27.7 Å². The SMILES string of the molecule is CCNCc1ccc(S(=O)(=O)NN(C)C)c(OC)c1. The summed E-state index contributed by atoms with van der Waals surface area (Å²) in [5, 5.41) is 4.55. The number of nitrogens with one attached hydrogen (secondary N) is 2. The first-order chi connectivity index (χ1) is 8.90. The predicted molar refractivity (Wildman–Crippen MR) is 74.4 cm³/mol. The van der Waals surface area contributed by atoms with E-state index in [1.165, 1.54) is 12.1 Å². The highest BCUT2D eigenvalue weighted by Crippen LogP contribution is 2.24. The molecule has 2 N–H and O–H groups in total. The van der Waals surface area contributed by atoms with Crippen molar-refractivity contribution in [2.24, 2.45) is 0 Å².